The van der Waals surface area contributed by atoms with Crippen LogP contribution in [-0.4, -0.2) is 24.8 Å². The summed E-state index contributed by atoms with van der Waals surface area (Å²) < 4.78 is 6.32. The van der Waals surface area contributed by atoms with Gasteiger partial charge in [-0.15, -0.1) is 6.58 Å². The van der Waals surface area contributed by atoms with Crippen LogP contribution in [0.4, 0.5) is 0 Å². The van der Waals surface area contributed by atoms with E-state index in [1.54, 1.807) is 0 Å². The average molecular weight is 281 g/mol. The van der Waals surface area contributed by atoms with Crippen LogP contribution in [0.3, 0.4) is 0 Å². The summed E-state index contributed by atoms with van der Waals surface area (Å²) in [7, 11) is 0. The fourth-order valence-electron chi connectivity index (χ4n) is 3.42. The molecule has 0 heterocycles. The van der Waals surface area contributed by atoms with Crippen molar-refractivity contribution in [2.24, 2.45) is 5.41 Å². The second kappa shape index (κ2) is 7.61. The van der Waals surface area contributed by atoms with Gasteiger partial charge in [0.1, 0.15) is 0 Å². The monoisotopic (exact) mass is 281 g/mol. The molecule has 1 fully saturated rings. The Morgan fingerprint density at radius 2 is 1.80 bits per heavy atom. The standard InChI is InChI=1S/C18H35NO/c1-7-19-16(10-9-15(3)4)18(20-8-2)13-11-17(5,6)12-14-18/h16,19H,3,7-14H2,1-2,4-6H3. The Morgan fingerprint density at radius 1 is 1.20 bits per heavy atom. The predicted octanol–water partition coefficient (Wildman–Crippen LogP) is 4.70. The molecule has 0 aromatic carbocycles. The van der Waals surface area contributed by atoms with Gasteiger partial charge in [0.2, 0.25) is 0 Å². The third-order valence-electron chi connectivity index (χ3n) is 4.83. The summed E-state index contributed by atoms with van der Waals surface area (Å²) >= 11 is 0. The third-order valence-corrected chi connectivity index (χ3v) is 4.83. The normalized spacial score (nSPS) is 22.4. The first kappa shape index (κ1) is 17.7. The quantitative estimate of drug-likeness (QED) is 0.651. The summed E-state index contributed by atoms with van der Waals surface area (Å²) in [6.45, 7) is 17.1. The van der Waals surface area contributed by atoms with Crippen LogP contribution in [0.1, 0.15) is 73.1 Å². The van der Waals surface area contributed by atoms with E-state index < -0.39 is 0 Å². The summed E-state index contributed by atoms with van der Waals surface area (Å²) in [5.41, 5.74) is 1.79. The Kier molecular flexibility index (Phi) is 6.74. The van der Waals surface area contributed by atoms with Crippen LogP contribution in [0, 0.1) is 5.41 Å². The molecule has 1 aliphatic carbocycles. The Bertz CT molecular complexity index is 299. The molecule has 0 radical (unpaired) electrons. The van der Waals surface area contributed by atoms with Gasteiger partial charge in [-0.3, -0.25) is 0 Å². The number of likely N-dealkylation sites (N-methyl/N-ethyl adjacent to an activating group) is 1. The molecule has 2 heteroatoms. The molecular weight excluding hydrogens is 246 g/mol. The molecule has 1 saturated carbocycles. The lowest BCUT2D eigenvalue weighted by Gasteiger charge is -2.48. The lowest BCUT2D eigenvalue weighted by atomic mass is 9.67. The summed E-state index contributed by atoms with van der Waals surface area (Å²) in [6.07, 6.45) is 7.13. The first-order chi connectivity index (χ1) is 9.35. The van der Waals surface area contributed by atoms with Crippen molar-refractivity contribution in [3.05, 3.63) is 12.2 Å². The predicted molar refractivity (Wildman–Crippen MR) is 88.1 cm³/mol. The van der Waals surface area contributed by atoms with Gasteiger partial charge < -0.3 is 10.1 Å². The van der Waals surface area contributed by atoms with Crippen LogP contribution in [0.5, 0.6) is 0 Å². The first-order valence-corrected chi connectivity index (χ1v) is 8.37. The molecule has 118 valence electrons. The molecule has 1 atom stereocenters. The smallest absolute Gasteiger partial charge is 0.0835 e. The van der Waals surface area contributed by atoms with E-state index >= 15 is 0 Å². The molecule has 2 nitrogen and oxygen atoms in total. The van der Waals surface area contributed by atoms with Crippen LogP contribution in [0.15, 0.2) is 12.2 Å². The third kappa shape index (κ3) is 4.89. The highest BCUT2D eigenvalue weighted by molar-refractivity contribution is 5.01. The molecular formula is C18H35NO. The van der Waals surface area contributed by atoms with Gasteiger partial charge in [-0.25, -0.2) is 0 Å². The van der Waals surface area contributed by atoms with Gasteiger partial charge in [0.05, 0.1) is 5.60 Å². The minimum atomic E-state index is 0.0374. The molecule has 1 unspecified atom stereocenters. The van der Waals surface area contributed by atoms with Crippen molar-refractivity contribution in [2.45, 2.75) is 84.8 Å². The van der Waals surface area contributed by atoms with Crippen LogP contribution in [0.25, 0.3) is 0 Å². The summed E-state index contributed by atoms with van der Waals surface area (Å²) in [6, 6.07) is 0.459. The molecule has 20 heavy (non-hydrogen) atoms. The van der Waals surface area contributed by atoms with Gasteiger partial charge in [-0.1, -0.05) is 26.3 Å². The minimum absolute atomic E-state index is 0.0374. The van der Waals surface area contributed by atoms with Crippen molar-refractivity contribution in [1.29, 1.82) is 0 Å². The van der Waals surface area contributed by atoms with E-state index in [9.17, 15) is 0 Å². The van der Waals surface area contributed by atoms with E-state index in [2.05, 4.69) is 46.5 Å². The fourth-order valence-corrected chi connectivity index (χ4v) is 3.42. The minimum Gasteiger partial charge on any atom is -0.374 e. The summed E-state index contributed by atoms with van der Waals surface area (Å²) in [5, 5.41) is 3.69. The number of ether oxygens (including phenoxy) is 1. The zero-order valence-electron chi connectivity index (χ0n) is 14.3. The van der Waals surface area contributed by atoms with Crippen LogP contribution in [0.2, 0.25) is 0 Å². The second-order valence-corrected chi connectivity index (χ2v) is 7.27. The lowest BCUT2D eigenvalue weighted by Crippen LogP contribution is -2.55. The van der Waals surface area contributed by atoms with E-state index in [-0.39, 0.29) is 5.60 Å². The van der Waals surface area contributed by atoms with E-state index in [0.29, 0.717) is 11.5 Å². The Hall–Kier alpha value is -0.340. The molecule has 0 aliphatic heterocycles. The highest BCUT2D eigenvalue weighted by atomic mass is 16.5. The van der Waals surface area contributed by atoms with Gasteiger partial charge in [-0.05, 0) is 64.3 Å². The van der Waals surface area contributed by atoms with Gasteiger partial charge in [0.25, 0.3) is 0 Å². The number of nitrogens with one attached hydrogen (secondary N) is 1. The molecule has 0 bridgehead atoms. The molecule has 1 rings (SSSR count). The topological polar surface area (TPSA) is 21.3 Å². The van der Waals surface area contributed by atoms with Gasteiger partial charge in [0, 0.05) is 12.6 Å². The largest absolute Gasteiger partial charge is 0.374 e. The molecule has 1 N–H and O–H groups in total. The number of rotatable bonds is 8. The van der Waals surface area contributed by atoms with Crippen molar-refractivity contribution < 1.29 is 4.74 Å². The van der Waals surface area contributed by atoms with Crippen LogP contribution in [-0.2, 0) is 4.74 Å². The van der Waals surface area contributed by atoms with Crippen LogP contribution >= 0.6 is 0 Å². The number of allylic oxidation sites excluding steroid dienone is 1. The lowest BCUT2D eigenvalue weighted by molar-refractivity contribution is -0.107. The summed E-state index contributed by atoms with van der Waals surface area (Å²) in [4.78, 5) is 0. The molecule has 0 aromatic rings. The SMILES string of the molecule is C=C(C)CCC(NCC)C1(OCC)CCC(C)(C)CC1. The molecule has 0 aromatic heterocycles. The summed E-state index contributed by atoms with van der Waals surface area (Å²) in [5.74, 6) is 0. The van der Waals surface area contributed by atoms with E-state index in [4.69, 9.17) is 4.74 Å². The Balaban J connectivity index is 2.81. The average Bonchev–Trinajstić information content (AvgIpc) is 2.37. The first-order valence-electron chi connectivity index (χ1n) is 8.37. The number of hydrogen-bond acceptors (Lipinski definition) is 2. The Labute approximate surface area is 126 Å². The van der Waals surface area contributed by atoms with Crippen molar-refractivity contribution in [3.8, 4) is 0 Å². The molecule has 1 aliphatic rings. The zero-order chi connectivity index (χ0) is 15.2. The molecule has 0 amide bonds. The van der Waals surface area contributed by atoms with E-state index in [1.165, 1.54) is 31.3 Å². The molecule has 0 saturated heterocycles. The highest BCUT2D eigenvalue weighted by Crippen LogP contribution is 2.44. The van der Waals surface area contributed by atoms with Crippen LogP contribution < -0.4 is 5.32 Å². The van der Waals surface area contributed by atoms with Crippen molar-refractivity contribution in [3.63, 3.8) is 0 Å². The van der Waals surface area contributed by atoms with Gasteiger partial charge in [0.15, 0.2) is 0 Å². The second-order valence-electron chi connectivity index (χ2n) is 7.27. The highest BCUT2D eigenvalue weighted by Gasteiger charge is 2.44. The maximum absolute atomic E-state index is 6.32. The van der Waals surface area contributed by atoms with E-state index in [1.807, 2.05) is 0 Å². The van der Waals surface area contributed by atoms with Gasteiger partial charge in [-0.2, -0.15) is 0 Å². The zero-order valence-corrected chi connectivity index (χ0v) is 14.3. The van der Waals surface area contributed by atoms with Gasteiger partial charge >= 0.3 is 0 Å². The number of hydrogen-bond donors (Lipinski definition) is 1. The molecule has 0 spiro atoms. The van der Waals surface area contributed by atoms with Crippen molar-refractivity contribution >= 4 is 0 Å². The van der Waals surface area contributed by atoms with E-state index in [0.717, 1.165) is 26.0 Å². The van der Waals surface area contributed by atoms with Crippen molar-refractivity contribution in [2.75, 3.05) is 13.2 Å². The van der Waals surface area contributed by atoms with Crippen molar-refractivity contribution in [1.82, 2.24) is 5.32 Å². The fraction of sp³-hybridized carbons (Fsp3) is 0.889. The Morgan fingerprint density at radius 3 is 2.25 bits per heavy atom. The maximum atomic E-state index is 6.32. The maximum Gasteiger partial charge on any atom is 0.0835 e.